The van der Waals surface area contributed by atoms with Crippen molar-refractivity contribution in [1.82, 2.24) is 15.3 Å². The number of H-pyrrole nitrogens is 1. The van der Waals surface area contributed by atoms with Gasteiger partial charge < -0.3 is 16.0 Å². The molecule has 34 heavy (non-hydrogen) atoms. The molecule has 0 spiro atoms. The predicted octanol–water partition coefficient (Wildman–Crippen LogP) is 5.19. The minimum atomic E-state index is -0.716. The Bertz CT molecular complexity index is 1330. The van der Waals surface area contributed by atoms with E-state index in [-0.39, 0.29) is 12.0 Å². The van der Waals surface area contributed by atoms with Crippen LogP contribution in [0.2, 0.25) is 5.02 Å². The van der Waals surface area contributed by atoms with Gasteiger partial charge in [0.2, 0.25) is 5.91 Å². The van der Waals surface area contributed by atoms with E-state index in [9.17, 15) is 9.59 Å². The maximum atomic E-state index is 15.1. The number of carbonyl (C=O) groups is 2. The van der Waals surface area contributed by atoms with Crippen LogP contribution in [-0.2, 0) is 4.79 Å². The molecule has 0 bridgehead atoms. The van der Waals surface area contributed by atoms with Gasteiger partial charge in [0.25, 0.3) is 5.91 Å². The summed E-state index contributed by atoms with van der Waals surface area (Å²) >= 11 is 6.11. The van der Waals surface area contributed by atoms with Crippen LogP contribution in [0.3, 0.4) is 0 Å². The number of hydrogen-bond donors (Lipinski definition) is 3. The maximum Gasteiger partial charge on any atom is 0.253 e. The number of primary amides is 1. The standard InChI is InChI=1S/C26H22ClFN4O2/c1-15-6-4-9-19(28)23(15)24-18(14-31-25(24)20-10-2-3-11-30-20)26(34)32-21(13-22(29)33)16-7-5-8-17(27)12-16/h2-12,14,21,31H,13H2,1H3,(H2,29,33)(H,32,34)/t21-/m0/s1. The molecule has 0 radical (unpaired) electrons. The first-order chi connectivity index (χ1) is 16.3. The molecular weight excluding hydrogens is 455 g/mol. The molecule has 172 valence electrons. The van der Waals surface area contributed by atoms with Gasteiger partial charge in [0.05, 0.1) is 29.4 Å². The number of nitrogens with two attached hydrogens (primary N) is 1. The molecule has 2 aromatic heterocycles. The molecule has 8 heteroatoms. The van der Waals surface area contributed by atoms with Crippen molar-refractivity contribution < 1.29 is 14.0 Å². The number of benzene rings is 2. The minimum Gasteiger partial charge on any atom is -0.370 e. The Morgan fingerprint density at radius 3 is 2.59 bits per heavy atom. The average Bonchev–Trinajstić information content (AvgIpc) is 3.23. The summed E-state index contributed by atoms with van der Waals surface area (Å²) < 4.78 is 15.1. The van der Waals surface area contributed by atoms with Gasteiger partial charge in [-0.2, -0.15) is 0 Å². The van der Waals surface area contributed by atoms with Gasteiger partial charge in [-0.25, -0.2) is 4.39 Å². The summed E-state index contributed by atoms with van der Waals surface area (Å²) in [5.74, 6) is -1.55. The molecule has 0 aliphatic carbocycles. The van der Waals surface area contributed by atoms with Gasteiger partial charge in [-0.05, 0) is 48.4 Å². The number of rotatable bonds is 7. The molecule has 4 rings (SSSR count). The van der Waals surface area contributed by atoms with Gasteiger partial charge in [-0.3, -0.25) is 14.6 Å². The summed E-state index contributed by atoms with van der Waals surface area (Å²) in [5.41, 5.74) is 8.69. The van der Waals surface area contributed by atoms with Crippen LogP contribution in [0.15, 0.2) is 73.1 Å². The Morgan fingerprint density at radius 2 is 1.91 bits per heavy atom. The lowest BCUT2D eigenvalue weighted by molar-refractivity contribution is -0.118. The van der Waals surface area contributed by atoms with E-state index in [1.807, 2.05) is 6.07 Å². The van der Waals surface area contributed by atoms with Crippen molar-refractivity contribution in [2.24, 2.45) is 5.73 Å². The first-order valence-corrected chi connectivity index (χ1v) is 11.0. The molecule has 0 saturated heterocycles. The Hall–Kier alpha value is -3.97. The molecule has 0 aliphatic rings. The van der Waals surface area contributed by atoms with Gasteiger partial charge in [-0.15, -0.1) is 0 Å². The lowest BCUT2D eigenvalue weighted by Gasteiger charge is -2.19. The molecule has 0 fully saturated rings. The number of nitrogens with zero attached hydrogens (tertiary/aromatic N) is 1. The fourth-order valence-electron chi connectivity index (χ4n) is 3.94. The Kier molecular flexibility index (Phi) is 6.75. The average molecular weight is 477 g/mol. The lowest BCUT2D eigenvalue weighted by atomic mass is 9.94. The normalized spacial score (nSPS) is 11.7. The van der Waals surface area contributed by atoms with Gasteiger partial charge in [-0.1, -0.05) is 41.9 Å². The molecule has 2 heterocycles. The summed E-state index contributed by atoms with van der Waals surface area (Å²) in [4.78, 5) is 32.7. The molecule has 4 N–H and O–H groups in total. The van der Waals surface area contributed by atoms with E-state index in [1.54, 1.807) is 61.7 Å². The van der Waals surface area contributed by atoms with E-state index < -0.39 is 23.7 Å². The van der Waals surface area contributed by atoms with Crippen LogP contribution in [-0.4, -0.2) is 21.8 Å². The largest absolute Gasteiger partial charge is 0.370 e. The third-order valence-corrected chi connectivity index (χ3v) is 5.71. The Balaban J connectivity index is 1.81. The first kappa shape index (κ1) is 23.2. The zero-order valence-corrected chi connectivity index (χ0v) is 19.1. The van der Waals surface area contributed by atoms with E-state index in [0.717, 1.165) is 0 Å². The van der Waals surface area contributed by atoms with E-state index in [4.69, 9.17) is 17.3 Å². The monoisotopic (exact) mass is 476 g/mol. The van der Waals surface area contributed by atoms with Crippen LogP contribution in [0.1, 0.15) is 33.9 Å². The molecule has 1 atom stereocenters. The van der Waals surface area contributed by atoms with Crippen LogP contribution in [0.5, 0.6) is 0 Å². The van der Waals surface area contributed by atoms with Crippen molar-refractivity contribution >= 4 is 23.4 Å². The summed E-state index contributed by atoms with van der Waals surface area (Å²) in [6, 6.07) is 16.2. The van der Waals surface area contributed by atoms with E-state index in [0.29, 0.717) is 38.7 Å². The lowest BCUT2D eigenvalue weighted by Crippen LogP contribution is -2.32. The first-order valence-electron chi connectivity index (χ1n) is 10.6. The zero-order valence-electron chi connectivity index (χ0n) is 18.3. The fraction of sp³-hybridized carbons (Fsp3) is 0.115. The van der Waals surface area contributed by atoms with Crippen molar-refractivity contribution in [3.63, 3.8) is 0 Å². The predicted molar refractivity (Wildman–Crippen MR) is 130 cm³/mol. The second-order valence-electron chi connectivity index (χ2n) is 7.85. The smallest absolute Gasteiger partial charge is 0.253 e. The highest BCUT2D eigenvalue weighted by molar-refractivity contribution is 6.30. The Labute approximate surface area is 201 Å². The molecular formula is C26H22ClFN4O2. The van der Waals surface area contributed by atoms with Crippen molar-refractivity contribution in [3.05, 3.63) is 101 Å². The number of halogens is 2. The third kappa shape index (κ3) is 4.84. The Morgan fingerprint density at radius 1 is 1.12 bits per heavy atom. The quantitative estimate of drug-likeness (QED) is 0.342. The topological polar surface area (TPSA) is 101 Å². The van der Waals surface area contributed by atoms with Gasteiger partial charge in [0.1, 0.15) is 5.82 Å². The zero-order chi connectivity index (χ0) is 24.2. The van der Waals surface area contributed by atoms with Gasteiger partial charge in [0.15, 0.2) is 0 Å². The number of aryl methyl sites for hydroxylation is 1. The molecule has 4 aromatic rings. The summed E-state index contributed by atoms with van der Waals surface area (Å²) in [5, 5.41) is 3.32. The summed E-state index contributed by atoms with van der Waals surface area (Å²) in [6.45, 7) is 1.77. The van der Waals surface area contributed by atoms with E-state index >= 15 is 4.39 Å². The highest BCUT2D eigenvalue weighted by Gasteiger charge is 2.26. The van der Waals surface area contributed by atoms with Crippen LogP contribution in [0, 0.1) is 12.7 Å². The number of amides is 2. The van der Waals surface area contributed by atoms with Crippen molar-refractivity contribution in [2.45, 2.75) is 19.4 Å². The second-order valence-corrected chi connectivity index (χ2v) is 8.29. The third-order valence-electron chi connectivity index (χ3n) is 5.48. The highest BCUT2D eigenvalue weighted by atomic mass is 35.5. The highest BCUT2D eigenvalue weighted by Crippen LogP contribution is 2.37. The van der Waals surface area contributed by atoms with Crippen LogP contribution < -0.4 is 11.1 Å². The van der Waals surface area contributed by atoms with Crippen molar-refractivity contribution in [1.29, 1.82) is 0 Å². The number of aromatic nitrogens is 2. The molecule has 0 aliphatic heterocycles. The molecule has 0 unspecified atom stereocenters. The molecule has 2 amide bonds. The summed E-state index contributed by atoms with van der Waals surface area (Å²) in [6.07, 6.45) is 3.01. The van der Waals surface area contributed by atoms with Crippen LogP contribution >= 0.6 is 11.6 Å². The number of aromatic amines is 1. The molecule has 6 nitrogen and oxygen atoms in total. The maximum absolute atomic E-state index is 15.1. The van der Waals surface area contributed by atoms with Gasteiger partial charge >= 0.3 is 0 Å². The van der Waals surface area contributed by atoms with Gasteiger partial charge in [0, 0.05) is 28.5 Å². The van der Waals surface area contributed by atoms with E-state index in [2.05, 4.69) is 15.3 Å². The molecule has 0 saturated carbocycles. The molecule has 2 aromatic carbocycles. The van der Waals surface area contributed by atoms with Crippen molar-refractivity contribution in [3.8, 4) is 22.5 Å². The SMILES string of the molecule is Cc1cccc(F)c1-c1c(C(=O)N[C@@H](CC(N)=O)c2cccc(Cl)c2)c[nH]c1-c1ccccn1. The van der Waals surface area contributed by atoms with Crippen LogP contribution in [0.4, 0.5) is 4.39 Å². The van der Waals surface area contributed by atoms with Crippen LogP contribution in [0.25, 0.3) is 22.5 Å². The number of nitrogens with one attached hydrogen (secondary N) is 2. The van der Waals surface area contributed by atoms with Crippen molar-refractivity contribution in [2.75, 3.05) is 0 Å². The number of pyridine rings is 1. The second kappa shape index (κ2) is 9.89. The summed E-state index contributed by atoms with van der Waals surface area (Å²) in [7, 11) is 0. The number of carbonyl (C=O) groups excluding carboxylic acids is 2. The minimum absolute atomic E-state index is 0.127. The fourth-order valence-corrected chi connectivity index (χ4v) is 4.13. The van der Waals surface area contributed by atoms with E-state index in [1.165, 1.54) is 12.3 Å². The number of hydrogen-bond acceptors (Lipinski definition) is 3.